The third-order valence-corrected chi connectivity index (χ3v) is 4.59. The fourth-order valence-electron chi connectivity index (χ4n) is 2.54. The fraction of sp³-hybridized carbons (Fsp3) is 0.438. The van der Waals surface area contributed by atoms with E-state index < -0.39 is 5.54 Å². The quantitative estimate of drug-likeness (QED) is 0.917. The van der Waals surface area contributed by atoms with Gasteiger partial charge in [0.1, 0.15) is 0 Å². The number of carbonyl (C=O) groups excluding carboxylic acids is 1. The Hall–Kier alpha value is -1.39. The van der Waals surface area contributed by atoms with Crippen LogP contribution in [-0.4, -0.2) is 23.4 Å². The first-order valence-corrected chi connectivity index (χ1v) is 7.83. The molecule has 108 valence electrons. The smallest absolute Gasteiger partial charge is 0.242 e. The van der Waals surface area contributed by atoms with E-state index in [1.54, 1.807) is 16.2 Å². The van der Waals surface area contributed by atoms with Crippen molar-refractivity contribution in [2.24, 2.45) is 5.73 Å². The third-order valence-electron chi connectivity index (χ3n) is 3.57. The largest absolute Gasteiger partial charge is 0.340 e. The predicted molar refractivity (Wildman–Crippen MR) is 85.8 cm³/mol. The van der Waals surface area contributed by atoms with Gasteiger partial charge in [-0.05, 0) is 35.7 Å². The summed E-state index contributed by atoms with van der Waals surface area (Å²) >= 11 is 1.72. The standard InChI is InChI=1S/C16H22N2OS/c1-4-9-16(2,17)15(19)18(3)10-12-11-20-14-8-6-5-7-13(12)14/h5-8,11H,4,9-10,17H2,1-3H3. The number of fused-ring (bicyclic) bond motifs is 1. The first kappa shape index (κ1) is 15.0. The molecular weight excluding hydrogens is 268 g/mol. The molecule has 1 amide bonds. The minimum Gasteiger partial charge on any atom is -0.340 e. The lowest BCUT2D eigenvalue weighted by Crippen LogP contribution is -2.51. The molecule has 0 spiro atoms. The molecule has 0 fully saturated rings. The van der Waals surface area contributed by atoms with Crippen molar-refractivity contribution < 1.29 is 4.79 Å². The van der Waals surface area contributed by atoms with Crippen LogP contribution in [0.25, 0.3) is 10.1 Å². The van der Waals surface area contributed by atoms with E-state index in [1.165, 1.54) is 15.6 Å². The summed E-state index contributed by atoms with van der Waals surface area (Å²) in [6.45, 7) is 4.48. The van der Waals surface area contributed by atoms with Crippen molar-refractivity contribution in [1.82, 2.24) is 4.90 Å². The molecule has 1 heterocycles. The second-order valence-electron chi connectivity index (χ2n) is 5.59. The van der Waals surface area contributed by atoms with Crippen molar-refractivity contribution in [2.75, 3.05) is 7.05 Å². The van der Waals surface area contributed by atoms with Crippen molar-refractivity contribution in [3.05, 3.63) is 35.2 Å². The molecule has 0 aliphatic carbocycles. The maximum atomic E-state index is 12.4. The van der Waals surface area contributed by atoms with Gasteiger partial charge in [0, 0.05) is 18.3 Å². The number of benzene rings is 1. The van der Waals surface area contributed by atoms with Crippen LogP contribution < -0.4 is 5.73 Å². The minimum atomic E-state index is -0.769. The van der Waals surface area contributed by atoms with Gasteiger partial charge in [0.2, 0.25) is 5.91 Å². The number of hydrogen-bond acceptors (Lipinski definition) is 3. The highest BCUT2D eigenvalue weighted by atomic mass is 32.1. The number of nitrogens with two attached hydrogens (primary N) is 1. The summed E-state index contributed by atoms with van der Waals surface area (Å²) in [5.41, 5.74) is 6.54. The normalized spacial score (nSPS) is 14.2. The van der Waals surface area contributed by atoms with E-state index in [9.17, 15) is 4.79 Å². The van der Waals surface area contributed by atoms with Gasteiger partial charge in [-0.15, -0.1) is 11.3 Å². The molecule has 1 atom stereocenters. The lowest BCUT2D eigenvalue weighted by molar-refractivity contribution is -0.135. The zero-order chi connectivity index (χ0) is 14.8. The number of carbonyl (C=O) groups is 1. The summed E-state index contributed by atoms with van der Waals surface area (Å²) in [4.78, 5) is 14.2. The Labute approximate surface area is 124 Å². The van der Waals surface area contributed by atoms with Gasteiger partial charge >= 0.3 is 0 Å². The first-order valence-electron chi connectivity index (χ1n) is 6.95. The second kappa shape index (κ2) is 5.94. The van der Waals surface area contributed by atoms with Gasteiger partial charge in [-0.2, -0.15) is 0 Å². The molecule has 2 rings (SSSR count). The van der Waals surface area contributed by atoms with Crippen molar-refractivity contribution in [2.45, 2.75) is 38.8 Å². The number of likely N-dealkylation sites (N-methyl/N-ethyl adjacent to an activating group) is 1. The van der Waals surface area contributed by atoms with Gasteiger partial charge < -0.3 is 10.6 Å². The first-order chi connectivity index (χ1) is 9.45. The van der Waals surface area contributed by atoms with Crippen LogP contribution in [-0.2, 0) is 11.3 Å². The summed E-state index contributed by atoms with van der Waals surface area (Å²) in [6, 6.07) is 8.28. The Bertz CT molecular complexity index is 603. The van der Waals surface area contributed by atoms with Gasteiger partial charge in [-0.1, -0.05) is 31.5 Å². The van der Waals surface area contributed by atoms with E-state index in [0.717, 1.165) is 6.42 Å². The van der Waals surface area contributed by atoms with Crippen LogP contribution in [0.5, 0.6) is 0 Å². The van der Waals surface area contributed by atoms with E-state index in [4.69, 9.17) is 5.73 Å². The average molecular weight is 290 g/mol. The maximum absolute atomic E-state index is 12.4. The predicted octanol–water partition coefficient (Wildman–Crippen LogP) is 3.38. The molecule has 3 nitrogen and oxygen atoms in total. The average Bonchev–Trinajstić information content (AvgIpc) is 2.81. The van der Waals surface area contributed by atoms with E-state index in [-0.39, 0.29) is 5.91 Å². The zero-order valence-corrected chi connectivity index (χ0v) is 13.2. The highest BCUT2D eigenvalue weighted by Gasteiger charge is 2.30. The highest BCUT2D eigenvalue weighted by Crippen LogP contribution is 2.27. The van der Waals surface area contributed by atoms with Gasteiger partial charge in [0.05, 0.1) is 5.54 Å². The molecular formula is C16H22N2OS. The van der Waals surface area contributed by atoms with Gasteiger partial charge in [0.25, 0.3) is 0 Å². The van der Waals surface area contributed by atoms with Crippen LogP contribution in [0.3, 0.4) is 0 Å². The number of amides is 1. The van der Waals surface area contributed by atoms with Crippen LogP contribution in [0.4, 0.5) is 0 Å². The molecule has 4 heteroatoms. The second-order valence-corrected chi connectivity index (χ2v) is 6.50. The van der Waals surface area contributed by atoms with E-state index in [2.05, 4.69) is 17.5 Å². The lowest BCUT2D eigenvalue weighted by Gasteiger charge is -2.29. The van der Waals surface area contributed by atoms with Crippen molar-refractivity contribution in [3.8, 4) is 0 Å². The molecule has 0 saturated carbocycles. The van der Waals surface area contributed by atoms with Crippen LogP contribution >= 0.6 is 11.3 Å². The Morgan fingerprint density at radius 3 is 2.80 bits per heavy atom. The van der Waals surface area contributed by atoms with Gasteiger partial charge in [0.15, 0.2) is 0 Å². The van der Waals surface area contributed by atoms with Crippen molar-refractivity contribution in [1.29, 1.82) is 0 Å². The van der Waals surface area contributed by atoms with Crippen LogP contribution in [0.2, 0.25) is 0 Å². The molecule has 0 aliphatic rings. The monoisotopic (exact) mass is 290 g/mol. The number of rotatable bonds is 5. The molecule has 1 aromatic carbocycles. The zero-order valence-electron chi connectivity index (χ0n) is 12.3. The molecule has 2 aromatic rings. The van der Waals surface area contributed by atoms with Gasteiger partial charge in [-0.25, -0.2) is 0 Å². The summed E-state index contributed by atoms with van der Waals surface area (Å²) in [7, 11) is 1.83. The summed E-state index contributed by atoms with van der Waals surface area (Å²) < 4.78 is 1.26. The summed E-state index contributed by atoms with van der Waals surface area (Å²) in [6.07, 6.45) is 1.62. The molecule has 20 heavy (non-hydrogen) atoms. The Morgan fingerprint density at radius 2 is 2.10 bits per heavy atom. The molecule has 1 aromatic heterocycles. The Morgan fingerprint density at radius 1 is 1.40 bits per heavy atom. The van der Waals surface area contributed by atoms with E-state index in [0.29, 0.717) is 13.0 Å². The van der Waals surface area contributed by atoms with Crippen LogP contribution in [0.1, 0.15) is 32.3 Å². The van der Waals surface area contributed by atoms with Gasteiger partial charge in [-0.3, -0.25) is 4.79 Å². The number of nitrogens with zero attached hydrogens (tertiary/aromatic N) is 1. The minimum absolute atomic E-state index is 0.00892. The number of thiophene rings is 1. The van der Waals surface area contributed by atoms with E-state index in [1.807, 2.05) is 33.0 Å². The topological polar surface area (TPSA) is 46.3 Å². The van der Waals surface area contributed by atoms with Crippen molar-refractivity contribution in [3.63, 3.8) is 0 Å². The SMILES string of the molecule is CCCC(C)(N)C(=O)N(C)Cc1csc2ccccc12. The van der Waals surface area contributed by atoms with Crippen molar-refractivity contribution >= 4 is 27.3 Å². The molecule has 2 N–H and O–H groups in total. The lowest BCUT2D eigenvalue weighted by atomic mass is 9.95. The third kappa shape index (κ3) is 3.02. The Balaban J connectivity index is 2.15. The fourth-order valence-corrected chi connectivity index (χ4v) is 3.50. The summed E-state index contributed by atoms with van der Waals surface area (Å²) in [5.74, 6) is 0.00892. The maximum Gasteiger partial charge on any atom is 0.242 e. The molecule has 0 saturated heterocycles. The molecule has 0 radical (unpaired) electrons. The molecule has 0 bridgehead atoms. The van der Waals surface area contributed by atoms with Crippen LogP contribution in [0, 0.1) is 0 Å². The van der Waals surface area contributed by atoms with Crippen LogP contribution in [0.15, 0.2) is 29.6 Å². The Kier molecular flexibility index (Phi) is 4.45. The number of hydrogen-bond donors (Lipinski definition) is 1. The molecule has 1 unspecified atom stereocenters. The highest BCUT2D eigenvalue weighted by molar-refractivity contribution is 7.17. The summed E-state index contributed by atoms with van der Waals surface area (Å²) in [5, 5.41) is 3.36. The van der Waals surface area contributed by atoms with E-state index >= 15 is 0 Å². The molecule has 0 aliphatic heterocycles.